The van der Waals surface area contributed by atoms with Gasteiger partial charge in [-0.2, -0.15) is 4.31 Å². The molecule has 1 unspecified atom stereocenters. The fourth-order valence-electron chi connectivity index (χ4n) is 2.30. The quantitative estimate of drug-likeness (QED) is 0.903. The van der Waals surface area contributed by atoms with E-state index in [0.717, 1.165) is 12.8 Å². The summed E-state index contributed by atoms with van der Waals surface area (Å²) in [5.74, 6) is -0.298. The highest BCUT2D eigenvalue weighted by Gasteiger charge is 2.38. The Balaban J connectivity index is 2.41. The topological polar surface area (TPSA) is 79.4 Å². The minimum atomic E-state index is -3.82. The van der Waals surface area contributed by atoms with E-state index in [1.165, 1.54) is 29.8 Å². The van der Waals surface area contributed by atoms with Gasteiger partial charge in [0.1, 0.15) is 10.9 Å². The molecule has 0 aliphatic carbocycles. The fourth-order valence-corrected chi connectivity index (χ4v) is 4.36. The van der Waals surface area contributed by atoms with Gasteiger partial charge in [-0.05, 0) is 18.9 Å². The average Bonchev–Trinajstić information content (AvgIpc) is 2.46. The Hall–Kier alpha value is -1.18. The highest BCUT2D eigenvalue weighted by molar-refractivity contribution is 7.89. The van der Waals surface area contributed by atoms with Crippen LogP contribution in [0.3, 0.4) is 0 Å². The number of pyridine rings is 1. The maximum absolute atomic E-state index is 12.7. The molecule has 0 radical (unpaired) electrons. The van der Waals surface area contributed by atoms with Gasteiger partial charge in [0, 0.05) is 26.0 Å². The Bertz CT molecular complexity index is 606. The van der Waals surface area contributed by atoms with E-state index < -0.39 is 16.1 Å². The van der Waals surface area contributed by atoms with E-state index in [0.29, 0.717) is 13.0 Å². The molecule has 0 bridgehead atoms. The number of carbonyl (C=O) groups is 1. The Morgan fingerprint density at radius 1 is 1.50 bits per heavy atom. The third-order valence-electron chi connectivity index (χ3n) is 3.32. The van der Waals surface area contributed by atoms with Gasteiger partial charge in [0.15, 0.2) is 0 Å². The lowest BCUT2D eigenvalue weighted by molar-refractivity contribution is -0.125. The number of hydrogen-bond donors (Lipinski definition) is 1. The molecule has 1 aromatic heterocycles. The Morgan fingerprint density at radius 2 is 2.25 bits per heavy atom. The Labute approximate surface area is 123 Å². The molecule has 1 atom stereocenters. The van der Waals surface area contributed by atoms with Gasteiger partial charge in [0.2, 0.25) is 15.9 Å². The molecule has 0 aromatic carbocycles. The number of likely N-dealkylation sites (N-methyl/N-ethyl adjacent to an activating group) is 1. The van der Waals surface area contributed by atoms with Crippen molar-refractivity contribution in [3.8, 4) is 0 Å². The second-order valence-electron chi connectivity index (χ2n) is 4.55. The number of amides is 1. The molecule has 1 N–H and O–H groups in total. The van der Waals surface area contributed by atoms with Crippen LogP contribution in [-0.2, 0) is 14.8 Å². The summed E-state index contributed by atoms with van der Waals surface area (Å²) in [7, 11) is -2.32. The van der Waals surface area contributed by atoms with Gasteiger partial charge in [0.25, 0.3) is 0 Å². The molecule has 0 saturated carbocycles. The van der Waals surface area contributed by atoms with Crippen molar-refractivity contribution in [2.45, 2.75) is 30.2 Å². The van der Waals surface area contributed by atoms with Gasteiger partial charge in [-0.3, -0.25) is 9.78 Å². The monoisotopic (exact) mass is 317 g/mol. The molecule has 0 spiro atoms. The summed E-state index contributed by atoms with van der Waals surface area (Å²) in [4.78, 5) is 15.6. The lowest BCUT2D eigenvalue weighted by Crippen LogP contribution is -2.51. The van der Waals surface area contributed by atoms with Crippen molar-refractivity contribution in [2.75, 3.05) is 13.6 Å². The normalized spacial score (nSPS) is 20.6. The SMILES string of the molecule is CNC(=O)C1CCCCN1S(=O)(=O)c1cnccc1Cl. The highest BCUT2D eigenvalue weighted by Crippen LogP contribution is 2.28. The molecule has 8 heteroatoms. The van der Waals surface area contributed by atoms with E-state index in [2.05, 4.69) is 10.3 Å². The first-order valence-electron chi connectivity index (χ1n) is 6.31. The first kappa shape index (κ1) is 15.2. The zero-order valence-electron chi connectivity index (χ0n) is 11.0. The van der Waals surface area contributed by atoms with Gasteiger partial charge in [-0.25, -0.2) is 8.42 Å². The van der Waals surface area contributed by atoms with Gasteiger partial charge >= 0.3 is 0 Å². The molecule has 2 rings (SSSR count). The number of sulfonamides is 1. The number of nitrogens with zero attached hydrogens (tertiary/aromatic N) is 2. The lowest BCUT2D eigenvalue weighted by Gasteiger charge is -2.33. The second-order valence-corrected chi connectivity index (χ2v) is 6.81. The number of halogens is 1. The van der Waals surface area contributed by atoms with Gasteiger partial charge < -0.3 is 5.32 Å². The van der Waals surface area contributed by atoms with Crippen LogP contribution in [0.25, 0.3) is 0 Å². The van der Waals surface area contributed by atoms with Crippen molar-refractivity contribution in [1.29, 1.82) is 0 Å². The minimum Gasteiger partial charge on any atom is -0.358 e. The van der Waals surface area contributed by atoms with Crippen LogP contribution in [0.1, 0.15) is 19.3 Å². The van der Waals surface area contributed by atoms with E-state index in [9.17, 15) is 13.2 Å². The molecular formula is C12H16ClN3O3S. The number of rotatable bonds is 3. The number of aromatic nitrogens is 1. The van der Waals surface area contributed by atoms with Crippen LogP contribution >= 0.6 is 11.6 Å². The van der Waals surface area contributed by atoms with Gasteiger partial charge in [-0.15, -0.1) is 0 Å². The molecule has 6 nitrogen and oxygen atoms in total. The number of hydrogen-bond acceptors (Lipinski definition) is 4. The van der Waals surface area contributed by atoms with Crippen molar-refractivity contribution in [2.24, 2.45) is 0 Å². The molecule has 20 heavy (non-hydrogen) atoms. The molecule has 1 aromatic rings. The zero-order chi connectivity index (χ0) is 14.8. The summed E-state index contributed by atoms with van der Waals surface area (Å²) >= 11 is 5.94. The third kappa shape index (κ3) is 2.79. The van der Waals surface area contributed by atoms with Crippen LogP contribution in [0.15, 0.2) is 23.4 Å². The molecule has 1 aliphatic rings. The van der Waals surface area contributed by atoms with Crippen LogP contribution in [0.5, 0.6) is 0 Å². The highest BCUT2D eigenvalue weighted by atomic mass is 35.5. The zero-order valence-corrected chi connectivity index (χ0v) is 12.6. The van der Waals surface area contributed by atoms with Crippen LogP contribution in [-0.4, -0.2) is 43.2 Å². The summed E-state index contributed by atoms with van der Waals surface area (Å²) in [5.41, 5.74) is 0. The summed E-state index contributed by atoms with van der Waals surface area (Å²) in [5, 5.41) is 2.62. The summed E-state index contributed by atoms with van der Waals surface area (Å²) in [6.45, 7) is 0.311. The molecule has 1 aliphatic heterocycles. The number of piperidine rings is 1. The minimum absolute atomic E-state index is 0.0579. The molecule has 1 fully saturated rings. The molecule has 110 valence electrons. The maximum atomic E-state index is 12.7. The van der Waals surface area contributed by atoms with E-state index in [1.807, 2.05) is 0 Å². The summed E-state index contributed by atoms with van der Waals surface area (Å²) < 4.78 is 26.5. The maximum Gasteiger partial charge on any atom is 0.246 e. The van der Waals surface area contributed by atoms with Crippen LogP contribution in [0, 0.1) is 0 Å². The standard InChI is InChI=1S/C12H16ClN3O3S/c1-14-12(17)10-4-2-3-7-16(10)20(18,19)11-8-15-6-5-9(11)13/h5-6,8,10H,2-4,7H2,1H3,(H,14,17). The average molecular weight is 318 g/mol. The van der Waals surface area contributed by atoms with E-state index in [4.69, 9.17) is 11.6 Å². The van der Waals surface area contributed by atoms with Crippen LogP contribution < -0.4 is 5.32 Å². The van der Waals surface area contributed by atoms with Crippen molar-refractivity contribution in [1.82, 2.24) is 14.6 Å². The molecule has 2 heterocycles. The van der Waals surface area contributed by atoms with Crippen molar-refractivity contribution >= 4 is 27.5 Å². The summed E-state index contributed by atoms with van der Waals surface area (Å²) in [6, 6.07) is 0.739. The Kier molecular flexibility index (Phi) is 4.62. The third-order valence-corrected chi connectivity index (χ3v) is 5.70. The van der Waals surface area contributed by atoms with Crippen molar-refractivity contribution in [3.05, 3.63) is 23.5 Å². The predicted octanol–water partition coefficient (Wildman–Crippen LogP) is 1.02. The predicted molar refractivity (Wildman–Crippen MR) is 74.8 cm³/mol. The van der Waals surface area contributed by atoms with E-state index in [1.54, 1.807) is 0 Å². The first-order valence-corrected chi connectivity index (χ1v) is 8.13. The summed E-state index contributed by atoms with van der Waals surface area (Å²) in [6.07, 6.45) is 4.70. The largest absolute Gasteiger partial charge is 0.358 e. The lowest BCUT2D eigenvalue weighted by atomic mass is 10.0. The molecule has 1 amide bonds. The first-order chi connectivity index (χ1) is 9.48. The number of carbonyl (C=O) groups excluding carboxylic acids is 1. The molecule has 1 saturated heterocycles. The second kappa shape index (κ2) is 6.07. The Morgan fingerprint density at radius 3 is 2.90 bits per heavy atom. The van der Waals surface area contributed by atoms with Crippen LogP contribution in [0.2, 0.25) is 5.02 Å². The molecular weight excluding hydrogens is 302 g/mol. The number of nitrogens with one attached hydrogen (secondary N) is 1. The van der Waals surface area contributed by atoms with Crippen molar-refractivity contribution in [3.63, 3.8) is 0 Å². The van der Waals surface area contributed by atoms with E-state index >= 15 is 0 Å². The van der Waals surface area contributed by atoms with Gasteiger partial charge in [-0.1, -0.05) is 18.0 Å². The van der Waals surface area contributed by atoms with E-state index in [-0.39, 0.29) is 15.8 Å². The van der Waals surface area contributed by atoms with Crippen molar-refractivity contribution < 1.29 is 13.2 Å². The van der Waals surface area contributed by atoms with Gasteiger partial charge in [0.05, 0.1) is 5.02 Å². The fraction of sp³-hybridized carbons (Fsp3) is 0.500. The van der Waals surface area contributed by atoms with Crippen LogP contribution in [0.4, 0.5) is 0 Å². The smallest absolute Gasteiger partial charge is 0.246 e.